The van der Waals surface area contributed by atoms with Crippen LogP contribution in [0.1, 0.15) is 115 Å². The third kappa shape index (κ3) is 7.07. The van der Waals surface area contributed by atoms with E-state index in [-0.39, 0.29) is 23.2 Å². The lowest BCUT2D eigenvalue weighted by Crippen LogP contribution is -2.53. The van der Waals surface area contributed by atoms with Gasteiger partial charge in [-0.05, 0) is 44.1 Å². The van der Waals surface area contributed by atoms with Gasteiger partial charge in [-0.3, -0.25) is 4.98 Å². The van der Waals surface area contributed by atoms with Crippen LogP contribution in [0.15, 0.2) is 0 Å². The van der Waals surface area contributed by atoms with Gasteiger partial charge >= 0.3 is 11.9 Å². The molecule has 0 spiro atoms. The molecule has 2 heterocycles. The van der Waals surface area contributed by atoms with E-state index < -0.39 is 11.9 Å². The minimum atomic E-state index is -1.09. The number of carboxylic acids is 2. The minimum Gasteiger partial charge on any atom is -0.478 e. The lowest BCUT2D eigenvalue weighted by molar-refractivity contribution is 0.0692. The summed E-state index contributed by atoms with van der Waals surface area (Å²) in [6, 6.07) is 1.12. The van der Waals surface area contributed by atoms with Crippen LogP contribution >= 0.6 is 0 Å². The maximum Gasteiger partial charge on any atom is 0.337 e. The van der Waals surface area contributed by atoms with Crippen molar-refractivity contribution in [1.29, 1.82) is 0 Å². The Morgan fingerprint density at radius 3 is 1.57 bits per heavy atom. The lowest BCUT2D eigenvalue weighted by atomic mass is 9.89. The van der Waals surface area contributed by atoms with Gasteiger partial charge in [0.25, 0.3) is 0 Å². The summed E-state index contributed by atoms with van der Waals surface area (Å²) in [5, 5.41) is 35.2. The van der Waals surface area contributed by atoms with Gasteiger partial charge in [0.05, 0.1) is 22.5 Å². The number of fused-ring (bicyclic) bond motifs is 4. The smallest absolute Gasteiger partial charge is 0.337 e. The van der Waals surface area contributed by atoms with Crippen molar-refractivity contribution in [3.63, 3.8) is 0 Å². The van der Waals surface area contributed by atoms with Crippen molar-refractivity contribution in [1.82, 2.24) is 26.3 Å². The van der Waals surface area contributed by atoms with E-state index >= 15 is 0 Å². The topological polar surface area (TPSA) is 136 Å². The molecule has 9 nitrogen and oxygen atoms in total. The van der Waals surface area contributed by atoms with Gasteiger partial charge in [0.15, 0.2) is 0 Å². The molecule has 1 unspecified atom stereocenters. The maximum absolute atomic E-state index is 12.5. The fraction of sp³-hybridized carbons (Fsp3) is 0.750. The van der Waals surface area contributed by atoms with Crippen molar-refractivity contribution in [2.75, 3.05) is 13.1 Å². The van der Waals surface area contributed by atoms with Crippen molar-refractivity contribution in [3.8, 4) is 0 Å². The van der Waals surface area contributed by atoms with Crippen molar-refractivity contribution >= 4 is 11.9 Å². The largest absolute Gasteiger partial charge is 0.478 e. The zero-order chi connectivity index (χ0) is 26.2. The molecule has 3 aliphatic rings. The molecule has 1 aromatic heterocycles. The minimum absolute atomic E-state index is 0.0756. The number of hydrogen-bond donors (Lipinski definition) is 6. The zero-order valence-corrected chi connectivity index (χ0v) is 22.3. The van der Waals surface area contributed by atoms with Gasteiger partial charge in [-0.15, -0.1) is 0 Å². The molecule has 1 aliphatic heterocycles. The number of aromatic carboxylic acids is 2. The monoisotopic (exact) mass is 515 g/mol. The Morgan fingerprint density at radius 1 is 0.730 bits per heavy atom. The second-order valence-corrected chi connectivity index (χ2v) is 11.0. The van der Waals surface area contributed by atoms with E-state index in [0.717, 1.165) is 70.9 Å². The van der Waals surface area contributed by atoms with E-state index in [0.29, 0.717) is 48.5 Å². The molecule has 4 rings (SSSR count). The molecule has 4 atom stereocenters. The molecule has 0 amide bonds. The van der Waals surface area contributed by atoms with E-state index in [4.69, 9.17) is 4.98 Å². The van der Waals surface area contributed by atoms with E-state index in [2.05, 4.69) is 28.2 Å². The van der Waals surface area contributed by atoms with Gasteiger partial charge in [-0.25, -0.2) is 9.59 Å². The predicted molar refractivity (Wildman–Crippen MR) is 143 cm³/mol. The highest BCUT2D eigenvalue weighted by Crippen LogP contribution is 2.27. The lowest BCUT2D eigenvalue weighted by Gasteiger charge is -2.34. The van der Waals surface area contributed by atoms with Crippen LogP contribution in [0.3, 0.4) is 0 Å². The van der Waals surface area contributed by atoms with Crippen molar-refractivity contribution < 1.29 is 19.8 Å². The van der Waals surface area contributed by atoms with Crippen LogP contribution in [0.25, 0.3) is 0 Å². The quantitative estimate of drug-likeness (QED) is 0.316. The van der Waals surface area contributed by atoms with Gasteiger partial charge in [0, 0.05) is 50.3 Å². The Labute approximate surface area is 220 Å². The average Bonchev–Trinajstić information content (AvgIpc) is 2.89. The summed E-state index contributed by atoms with van der Waals surface area (Å²) in [4.78, 5) is 29.8. The molecule has 2 aliphatic carbocycles. The zero-order valence-electron chi connectivity index (χ0n) is 22.3. The number of nitrogens with one attached hydrogen (secondary N) is 4. The third-order valence-corrected chi connectivity index (χ3v) is 8.44. The van der Waals surface area contributed by atoms with Crippen molar-refractivity contribution in [2.45, 2.75) is 121 Å². The Balaban J connectivity index is 1.75. The van der Waals surface area contributed by atoms with E-state index in [1.54, 1.807) is 0 Å². The molecule has 206 valence electrons. The highest BCUT2D eigenvalue weighted by Gasteiger charge is 2.31. The summed E-state index contributed by atoms with van der Waals surface area (Å²) in [5.41, 5.74) is 1.49. The fourth-order valence-electron chi connectivity index (χ4n) is 6.52. The molecule has 2 fully saturated rings. The molecular formula is C28H45N5O4. The molecule has 1 aromatic rings. The Morgan fingerprint density at radius 2 is 1.16 bits per heavy atom. The van der Waals surface area contributed by atoms with Gasteiger partial charge in [-0.2, -0.15) is 0 Å². The SMILES string of the molecule is CCCCCc1c(C(=O)O)c2nc(c1C(=O)O)CN[C@@H]1CCCC[C@H]1NCCNC1CCCC[C@H]1NC2. The summed E-state index contributed by atoms with van der Waals surface area (Å²) in [6.45, 7) is 4.51. The van der Waals surface area contributed by atoms with Crippen LogP contribution in [0, 0.1) is 0 Å². The number of carbonyl (C=O) groups is 2. The number of nitrogens with zero attached hydrogens (tertiary/aromatic N) is 1. The molecule has 2 bridgehead atoms. The first-order valence-electron chi connectivity index (χ1n) is 14.4. The fourth-order valence-corrected chi connectivity index (χ4v) is 6.52. The van der Waals surface area contributed by atoms with E-state index in [1.165, 1.54) is 12.8 Å². The summed E-state index contributed by atoms with van der Waals surface area (Å²) in [7, 11) is 0. The molecule has 37 heavy (non-hydrogen) atoms. The first-order chi connectivity index (χ1) is 18.0. The second-order valence-electron chi connectivity index (χ2n) is 11.0. The summed E-state index contributed by atoms with van der Waals surface area (Å²) < 4.78 is 0. The number of carboxylic acid groups (broad SMARTS) is 2. The number of unbranched alkanes of at least 4 members (excludes halogenated alkanes) is 2. The molecular weight excluding hydrogens is 470 g/mol. The van der Waals surface area contributed by atoms with Gasteiger partial charge in [-0.1, -0.05) is 45.4 Å². The van der Waals surface area contributed by atoms with Gasteiger partial charge in [0.2, 0.25) is 0 Å². The molecule has 2 saturated carbocycles. The highest BCUT2D eigenvalue weighted by molar-refractivity contribution is 5.98. The normalized spacial score (nSPS) is 27.3. The van der Waals surface area contributed by atoms with Crippen LogP contribution in [-0.2, 0) is 19.5 Å². The first kappa shape index (κ1) is 28.0. The van der Waals surface area contributed by atoms with Crippen LogP contribution in [0.5, 0.6) is 0 Å². The molecule has 0 saturated heterocycles. The predicted octanol–water partition coefficient (Wildman–Crippen LogP) is 3.21. The highest BCUT2D eigenvalue weighted by atomic mass is 16.4. The Kier molecular flexibility index (Phi) is 10.3. The van der Waals surface area contributed by atoms with Crippen molar-refractivity contribution in [3.05, 3.63) is 28.1 Å². The summed E-state index contributed by atoms with van der Waals surface area (Å²) in [6.07, 6.45) is 12.0. The second kappa shape index (κ2) is 13.6. The Bertz CT molecular complexity index is 873. The molecule has 0 radical (unpaired) electrons. The molecule has 0 aromatic carbocycles. The average molecular weight is 516 g/mol. The Hall–Kier alpha value is -2.07. The van der Waals surface area contributed by atoms with Crippen LogP contribution in [0.2, 0.25) is 0 Å². The van der Waals surface area contributed by atoms with Gasteiger partial charge < -0.3 is 31.5 Å². The number of aromatic nitrogens is 1. The molecule has 6 N–H and O–H groups in total. The van der Waals surface area contributed by atoms with Crippen LogP contribution in [-0.4, -0.2) is 64.4 Å². The summed E-state index contributed by atoms with van der Waals surface area (Å²) in [5.74, 6) is -2.18. The van der Waals surface area contributed by atoms with Crippen LogP contribution in [0.4, 0.5) is 0 Å². The van der Waals surface area contributed by atoms with Crippen LogP contribution < -0.4 is 21.3 Å². The summed E-state index contributed by atoms with van der Waals surface area (Å²) >= 11 is 0. The number of pyridine rings is 1. The van der Waals surface area contributed by atoms with E-state index in [9.17, 15) is 19.8 Å². The van der Waals surface area contributed by atoms with Gasteiger partial charge in [0.1, 0.15) is 0 Å². The standard InChI is InChI=1S/C28H45N5O4/c1-2-3-4-9-18-25(27(34)35)23-16-31-21-12-7-5-10-19(21)29-14-15-30-20-11-6-8-13-22(20)32-17-24(33-23)26(18)28(36)37/h19-22,29-32H,2-17H2,1H3,(H,34,35)(H,36,37)/t19-,20?,21-,22-/m1/s1. The number of hydrogen-bond acceptors (Lipinski definition) is 7. The third-order valence-electron chi connectivity index (χ3n) is 8.44. The van der Waals surface area contributed by atoms with E-state index in [1.807, 2.05) is 0 Å². The first-order valence-corrected chi connectivity index (χ1v) is 14.4. The maximum atomic E-state index is 12.5. The molecule has 9 heteroatoms. The number of rotatable bonds is 6. The van der Waals surface area contributed by atoms with Crippen molar-refractivity contribution in [2.24, 2.45) is 0 Å².